The molecule has 0 bridgehead atoms. The van der Waals surface area contributed by atoms with Gasteiger partial charge in [0.25, 0.3) is 5.91 Å². The van der Waals surface area contributed by atoms with Gasteiger partial charge in [-0.25, -0.2) is 10.2 Å². The minimum absolute atomic E-state index is 0.115. The smallest absolute Gasteiger partial charge is 0.265 e. The van der Waals surface area contributed by atoms with E-state index in [4.69, 9.17) is 5.84 Å². The van der Waals surface area contributed by atoms with Crippen LogP contribution in [0.3, 0.4) is 0 Å². The average molecular weight is 296 g/mol. The third-order valence-electron chi connectivity index (χ3n) is 3.02. The molecule has 2 amide bonds. The molecule has 7 heteroatoms. The molecule has 116 valence electrons. The Balaban J connectivity index is 2.83. The van der Waals surface area contributed by atoms with Gasteiger partial charge in [0.1, 0.15) is 5.82 Å². The van der Waals surface area contributed by atoms with E-state index < -0.39 is 11.7 Å². The summed E-state index contributed by atoms with van der Waals surface area (Å²) in [6, 6.07) is 4.03. The molecule has 0 aliphatic carbocycles. The number of carbonyl (C=O) groups is 2. The van der Waals surface area contributed by atoms with Gasteiger partial charge in [-0.3, -0.25) is 19.9 Å². The maximum Gasteiger partial charge on any atom is 0.265 e. The third kappa shape index (κ3) is 5.13. The largest absolute Gasteiger partial charge is 0.355 e. The Hall–Kier alpha value is -1.99. The van der Waals surface area contributed by atoms with Crippen LogP contribution < -0.4 is 16.6 Å². The fourth-order valence-electron chi connectivity index (χ4n) is 1.90. The Bertz CT molecular complexity index is 508. The fourth-order valence-corrected chi connectivity index (χ4v) is 1.90. The van der Waals surface area contributed by atoms with Crippen LogP contribution >= 0.6 is 0 Å². The summed E-state index contributed by atoms with van der Waals surface area (Å²) in [4.78, 5) is 24.8. The first-order valence-corrected chi connectivity index (χ1v) is 6.80. The van der Waals surface area contributed by atoms with Crippen molar-refractivity contribution in [3.8, 4) is 0 Å². The first-order chi connectivity index (χ1) is 10.0. The number of hydrogen-bond acceptors (Lipinski definition) is 4. The number of nitrogens with zero attached hydrogens (tertiary/aromatic N) is 1. The van der Waals surface area contributed by atoms with E-state index in [2.05, 4.69) is 5.32 Å². The van der Waals surface area contributed by atoms with E-state index in [0.29, 0.717) is 18.7 Å². The molecule has 0 aliphatic heterocycles. The van der Waals surface area contributed by atoms with Crippen LogP contribution in [0, 0.1) is 5.82 Å². The second-order valence-electron chi connectivity index (χ2n) is 4.54. The summed E-state index contributed by atoms with van der Waals surface area (Å²) in [5, 5.41) is 2.69. The van der Waals surface area contributed by atoms with Gasteiger partial charge in [0, 0.05) is 24.2 Å². The third-order valence-corrected chi connectivity index (χ3v) is 3.02. The number of nitrogen functional groups attached to an aromatic ring is 1. The van der Waals surface area contributed by atoms with Crippen LogP contribution in [0.2, 0.25) is 0 Å². The minimum atomic E-state index is -0.483. The van der Waals surface area contributed by atoms with Gasteiger partial charge < -0.3 is 5.32 Å². The van der Waals surface area contributed by atoms with E-state index in [9.17, 15) is 14.0 Å². The highest BCUT2D eigenvalue weighted by Crippen LogP contribution is 2.13. The van der Waals surface area contributed by atoms with Crippen molar-refractivity contribution < 1.29 is 14.0 Å². The van der Waals surface area contributed by atoms with Crippen molar-refractivity contribution in [2.24, 2.45) is 5.84 Å². The van der Waals surface area contributed by atoms with E-state index in [1.165, 1.54) is 18.2 Å². The predicted octanol–water partition coefficient (Wildman–Crippen LogP) is 0.387. The molecule has 1 rings (SSSR count). The summed E-state index contributed by atoms with van der Waals surface area (Å²) in [5.41, 5.74) is 2.63. The molecule has 0 heterocycles. The molecule has 0 aliphatic rings. The zero-order valence-corrected chi connectivity index (χ0v) is 12.3. The molecule has 0 saturated heterocycles. The number of likely N-dealkylation sites (N-methyl/N-ethyl adjacent to an activating group) is 2. The number of carbonyl (C=O) groups excluding carboxylic acids is 2. The normalized spacial score (nSPS) is 10.5. The maximum absolute atomic E-state index is 13.8. The van der Waals surface area contributed by atoms with Crippen molar-refractivity contribution >= 4 is 11.8 Å². The van der Waals surface area contributed by atoms with E-state index in [1.807, 2.05) is 19.3 Å². The number of amides is 2. The van der Waals surface area contributed by atoms with Gasteiger partial charge in [-0.05, 0) is 31.7 Å². The van der Waals surface area contributed by atoms with Crippen molar-refractivity contribution in [2.75, 3.05) is 19.6 Å². The van der Waals surface area contributed by atoms with Gasteiger partial charge in [0.15, 0.2) is 0 Å². The molecule has 0 spiro atoms. The van der Waals surface area contributed by atoms with Gasteiger partial charge in [-0.1, -0.05) is 6.92 Å². The molecule has 4 N–H and O–H groups in total. The molecule has 0 radical (unpaired) electrons. The molecule has 1 aromatic rings. The number of hydrazine groups is 1. The van der Waals surface area contributed by atoms with Gasteiger partial charge in [0.05, 0.1) is 6.54 Å². The number of hydrogen-bond donors (Lipinski definition) is 3. The summed E-state index contributed by atoms with van der Waals surface area (Å²) in [6.45, 7) is 5.28. The van der Waals surface area contributed by atoms with Crippen LogP contribution in [0.1, 0.15) is 29.8 Å². The first kappa shape index (κ1) is 17.1. The van der Waals surface area contributed by atoms with Crippen LogP contribution in [0.5, 0.6) is 0 Å². The Morgan fingerprint density at radius 1 is 1.33 bits per heavy atom. The quantitative estimate of drug-likeness (QED) is 0.386. The Morgan fingerprint density at radius 3 is 2.62 bits per heavy atom. The summed E-state index contributed by atoms with van der Waals surface area (Å²) >= 11 is 0. The highest BCUT2D eigenvalue weighted by atomic mass is 19.1. The molecule has 0 unspecified atom stereocenters. The topological polar surface area (TPSA) is 87.5 Å². The standard InChI is InChI=1S/C14H21FN4O2/c1-3-17-13(20)9-19(4-2)8-11-7-10(14(21)18-16)5-6-12(11)15/h5-7H,3-4,8-9,16H2,1-2H3,(H,17,20)(H,18,21). The Kier molecular flexibility index (Phi) is 6.77. The van der Waals surface area contributed by atoms with Crippen LogP contribution in [0.25, 0.3) is 0 Å². The number of halogens is 1. The number of rotatable bonds is 7. The molecule has 0 atom stereocenters. The first-order valence-electron chi connectivity index (χ1n) is 6.80. The Labute approximate surface area is 123 Å². The minimum Gasteiger partial charge on any atom is -0.355 e. The van der Waals surface area contributed by atoms with Crippen molar-refractivity contribution in [3.05, 3.63) is 35.1 Å². The van der Waals surface area contributed by atoms with Crippen molar-refractivity contribution in [1.29, 1.82) is 0 Å². The van der Waals surface area contributed by atoms with Crippen LogP contribution in [-0.4, -0.2) is 36.3 Å². The molecule has 21 heavy (non-hydrogen) atoms. The van der Waals surface area contributed by atoms with E-state index >= 15 is 0 Å². The fraction of sp³-hybridized carbons (Fsp3) is 0.429. The van der Waals surface area contributed by atoms with Gasteiger partial charge in [0.2, 0.25) is 5.91 Å². The molecular formula is C14H21FN4O2. The monoisotopic (exact) mass is 296 g/mol. The SMILES string of the molecule is CCNC(=O)CN(CC)Cc1cc(C(=O)NN)ccc1F. The highest BCUT2D eigenvalue weighted by Gasteiger charge is 2.14. The van der Waals surface area contributed by atoms with Gasteiger partial charge in [-0.15, -0.1) is 0 Å². The van der Waals surface area contributed by atoms with Crippen molar-refractivity contribution in [3.63, 3.8) is 0 Å². The zero-order valence-electron chi connectivity index (χ0n) is 12.3. The molecule has 6 nitrogen and oxygen atoms in total. The average Bonchev–Trinajstić information content (AvgIpc) is 2.48. The number of nitrogens with two attached hydrogens (primary N) is 1. The van der Waals surface area contributed by atoms with Crippen molar-refractivity contribution in [1.82, 2.24) is 15.6 Å². The zero-order chi connectivity index (χ0) is 15.8. The lowest BCUT2D eigenvalue weighted by Crippen LogP contribution is -2.37. The molecule has 0 saturated carbocycles. The van der Waals surface area contributed by atoms with Crippen LogP contribution in [-0.2, 0) is 11.3 Å². The van der Waals surface area contributed by atoms with Crippen molar-refractivity contribution in [2.45, 2.75) is 20.4 Å². The predicted molar refractivity (Wildman–Crippen MR) is 77.7 cm³/mol. The van der Waals surface area contributed by atoms with Crippen LogP contribution in [0.15, 0.2) is 18.2 Å². The Morgan fingerprint density at radius 2 is 2.05 bits per heavy atom. The summed E-state index contributed by atoms with van der Waals surface area (Å²) in [5.74, 6) is 4.05. The lowest BCUT2D eigenvalue weighted by Gasteiger charge is -2.20. The number of benzene rings is 1. The van der Waals surface area contributed by atoms with Crippen LogP contribution in [0.4, 0.5) is 4.39 Å². The van der Waals surface area contributed by atoms with E-state index in [0.717, 1.165) is 0 Å². The lowest BCUT2D eigenvalue weighted by atomic mass is 10.1. The highest BCUT2D eigenvalue weighted by molar-refractivity contribution is 5.93. The second-order valence-corrected chi connectivity index (χ2v) is 4.54. The van der Waals surface area contributed by atoms with Gasteiger partial charge in [-0.2, -0.15) is 0 Å². The summed E-state index contributed by atoms with van der Waals surface area (Å²) in [7, 11) is 0. The van der Waals surface area contributed by atoms with Gasteiger partial charge >= 0.3 is 0 Å². The molecule has 0 fully saturated rings. The maximum atomic E-state index is 13.8. The summed E-state index contributed by atoms with van der Waals surface area (Å²) < 4.78 is 13.8. The second kappa shape index (κ2) is 8.33. The molecule has 1 aromatic carbocycles. The molecular weight excluding hydrogens is 275 g/mol. The van der Waals surface area contributed by atoms with E-state index in [1.54, 1.807) is 4.90 Å². The van der Waals surface area contributed by atoms with E-state index in [-0.39, 0.29) is 24.6 Å². The molecule has 0 aromatic heterocycles. The number of nitrogens with one attached hydrogen (secondary N) is 2. The lowest BCUT2D eigenvalue weighted by molar-refractivity contribution is -0.122. The summed E-state index contributed by atoms with van der Waals surface area (Å²) in [6.07, 6.45) is 0.